The minimum absolute atomic E-state index is 0.0685. The summed E-state index contributed by atoms with van der Waals surface area (Å²) < 4.78 is 42.4. The molecule has 0 bridgehead atoms. The summed E-state index contributed by atoms with van der Waals surface area (Å²) in [4.78, 5) is 0. The molecule has 0 heterocycles. The SMILES string of the molecule is C[C@]12C[C@@H](C(F)(F)F)[C@H]3[C@@H](CCC4C[C@H](O)CC[C@@]43C)[C@@H]1CC[C@@H]2O. The summed E-state index contributed by atoms with van der Waals surface area (Å²) >= 11 is 0. The zero-order valence-corrected chi connectivity index (χ0v) is 15.2. The van der Waals surface area contributed by atoms with Crippen LogP contribution in [0.15, 0.2) is 0 Å². The third kappa shape index (κ3) is 2.51. The van der Waals surface area contributed by atoms with E-state index >= 15 is 0 Å². The summed E-state index contributed by atoms with van der Waals surface area (Å²) in [7, 11) is 0. The minimum Gasteiger partial charge on any atom is -0.393 e. The summed E-state index contributed by atoms with van der Waals surface area (Å²) in [6.07, 6.45) is 0.204. The molecule has 2 nitrogen and oxygen atoms in total. The van der Waals surface area contributed by atoms with E-state index in [2.05, 4.69) is 6.92 Å². The maximum Gasteiger partial charge on any atom is 0.392 e. The Kier molecular flexibility index (Phi) is 4.06. The van der Waals surface area contributed by atoms with E-state index < -0.39 is 23.6 Å². The highest BCUT2D eigenvalue weighted by Crippen LogP contribution is 2.69. The zero-order chi connectivity index (χ0) is 18.2. The van der Waals surface area contributed by atoms with Crippen molar-refractivity contribution in [2.45, 2.75) is 83.6 Å². The maximum atomic E-state index is 14.1. The molecule has 0 amide bonds. The molecule has 4 rings (SSSR count). The second-order valence-corrected chi connectivity index (χ2v) is 9.96. The maximum absolute atomic E-state index is 14.1. The van der Waals surface area contributed by atoms with Crippen molar-refractivity contribution in [3.05, 3.63) is 0 Å². The third-order valence-corrected chi connectivity index (χ3v) is 8.97. The number of fused-ring (bicyclic) bond motifs is 5. The fourth-order valence-electron chi connectivity index (χ4n) is 7.71. The molecule has 4 fully saturated rings. The number of halogens is 3. The monoisotopic (exact) mass is 360 g/mol. The molecule has 1 unspecified atom stereocenters. The van der Waals surface area contributed by atoms with Gasteiger partial charge in [0, 0.05) is 0 Å². The standard InChI is InChI=1S/C20H31F3O2/c1-18-8-7-12(24)9-11(18)3-4-13-14-5-6-16(25)19(14,2)10-15(17(13)18)20(21,22)23/h11-17,24-25H,3-10H2,1-2H3/t11?,12-,13+,14+,15-,16+,17-,18+,19+/m1/s1. The van der Waals surface area contributed by atoms with Crippen LogP contribution < -0.4 is 0 Å². The molecular weight excluding hydrogens is 329 g/mol. The van der Waals surface area contributed by atoms with Gasteiger partial charge >= 0.3 is 6.18 Å². The highest BCUT2D eigenvalue weighted by atomic mass is 19.4. The third-order valence-electron chi connectivity index (χ3n) is 8.97. The van der Waals surface area contributed by atoms with Crippen LogP contribution in [0.5, 0.6) is 0 Å². The molecular formula is C20H31F3O2. The van der Waals surface area contributed by atoms with Crippen LogP contribution in [0.1, 0.15) is 65.2 Å². The van der Waals surface area contributed by atoms with Crippen LogP contribution >= 0.6 is 0 Å². The number of aliphatic hydroxyl groups is 2. The van der Waals surface area contributed by atoms with Crippen molar-refractivity contribution >= 4 is 0 Å². The lowest BCUT2D eigenvalue weighted by Crippen LogP contribution is -2.60. The molecule has 25 heavy (non-hydrogen) atoms. The van der Waals surface area contributed by atoms with Crippen LogP contribution in [0.3, 0.4) is 0 Å². The van der Waals surface area contributed by atoms with Crippen LogP contribution in [0.25, 0.3) is 0 Å². The van der Waals surface area contributed by atoms with Gasteiger partial charge in [-0.2, -0.15) is 13.2 Å². The van der Waals surface area contributed by atoms with Gasteiger partial charge in [-0.25, -0.2) is 0 Å². The van der Waals surface area contributed by atoms with Gasteiger partial charge in [-0.05, 0) is 85.9 Å². The van der Waals surface area contributed by atoms with Crippen LogP contribution in [0.2, 0.25) is 0 Å². The Hall–Kier alpha value is -0.290. The van der Waals surface area contributed by atoms with Crippen molar-refractivity contribution in [2.75, 3.05) is 0 Å². The van der Waals surface area contributed by atoms with E-state index in [0.29, 0.717) is 25.7 Å². The van der Waals surface area contributed by atoms with Gasteiger partial charge < -0.3 is 10.2 Å². The van der Waals surface area contributed by atoms with Crippen LogP contribution in [-0.4, -0.2) is 28.6 Å². The molecule has 0 aliphatic heterocycles. The van der Waals surface area contributed by atoms with Gasteiger partial charge in [0.25, 0.3) is 0 Å². The van der Waals surface area contributed by atoms with Crippen molar-refractivity contribution in [1.29, 1.82) is 0 Å². The molecule has 4 saturated carbocycles. The predicted molar refractivity (Wildman–Crippen MR) is 88.7 cm³/mol. The fraction of sp³-hybridized carbons (Fsp3) is 1.00. The van der Waals surface area contributed by atoms with Crippen LogP contribution in [0, 0.1) is 40.4 Å². The number of hydrogen-bond donors (Lipinski definition) is 2. The van der Waals surface area contributed by atoms with E-state index in [9.17, 15) is 23.4 Å². The lowest BCUT2D eigenvalue weighted by molar-refractivity contribution is -0.262. The van der Waals surface area contributed by atoms with Gasteiger partial charge in [0.2, 0.25) is 0 Å². The van der Waals surface area contributed by atoms with Crippen molar-refractivity contribution < 1.29 is 23.4 Å². The average Bonchev–Trinajstić information content (AvgIpc) is 2.82. The molecule has 9 atom stereocenters. The van der Waals surface area contributed by atoms with E-state index in [1.165, 1.54) is 0 Å². The highest BCUT2D eigenvalue weighted by molar-refractivity contribution is 5.12. The molecule has 144 valence electrons. The van der Waals surface area contributed by atoms with Gasteiger partial charge in [0.15, 0.2) is 0 Å². The number of aliphatic hydroxyl groups excluding tert-OH is 2. The lowest BCUT2D eigenvalue weighted by Gasteiger charge is -2.63. The summed E-state index contributed by atoms with van der Waals surface area (Å²) in [5, 5.41) is 20.5. The zero-order valence-electron chi connectivity index (χ0n) is 15.2. The average molecular weight is 360 g/mol. The lowest BCUT2D eigenvalue weighted by atomic mass is 9.42. The van der Waals surface area contributed by atoms with E-state index in [0.717, 1.165) is 19.3 Å². The summed E-state index contributed by atoms with van der Waals surface area (Å²) in [6, 6.07) is 0. The molecule has 0 aromatic rings. The molecule has 0 radical (unpaired) electrons. The van der Waals surface area contributed by atoms with Crippen molar-refractivity contribution in [3.63, 3.8) is 0 Å². The second kappa shape index (κ2) is 5.60. The van der Waals surface area contributed by atoms with E-state index in [1.54, 1.807) is 0 Å². The Morgan fingerprint density at radius 3 is 2.32 bits per heavy atom. The number of alkyl halides is 3. The predicted octanol–water partition coefficient (Wildman–Crippen LogP) is 4.54. The van der Waals surface area contributed by atoms with Gasteiger partial charge in [-0.3, -0.25) is 0 Å². The van der Waals surface area contributed by atoms with Gasteiger partial charge in [0.05, 0.1) is 18.1 Å². The minimum atomic E-state index is -4.21. The first kappa shape index (κ1) is 18.1. The summed E-state index contributed by atoms with van der Waals surface area (Å²) in [5.41, 5.74) is -0.907. The van der Waals surface area contributed by atoms with Crippen LogP contribution in [0.4, 0.5) is 13.2 Å². The fourth-order valence-corrected chi connectivity index (χ4v) is 7.71. The largest absolute Gasteiger partial charge is 0.393 e. The van der Waals surface area contributed by atoms with Gasteiger partial charge in [-0.15, -0.1) is 0 Å². The molecule has 0 aromatic heterocycles. The number of hydrogen-bond acceptors (Lipinski definition) is 2. The van der Waals surface area contributed by atoms with Crippen molar-refractivity contribution in [3.8, 4) is 0 Å². The van der Waals surface area contributed by atoms with Crippen molar-refractivity contribution in [1.82, 2.24) is 0 Å². The Labute approximate surface area is 148 Å². The van der Waals surface area contributed by atoms with E-state index in [1.807, 2.05) is 6.92 Å². The normalized spacial score (nSPS) is 56.0. The number of rotatable bonds is 0. The first-order valence-corrected chi connectivity index (χ1v) is 10.00. The molecule has 0 aromatic carbocycles. The van der Waals surface area contributed by atoms with E-state index in [4.69, 9.17) is 0 Å². The smallest absolute Gasteiger partial charge is 0.392 e. The summed E-state index contributed by atoms with van der Waals surface area (Å²) in [6.45, 7) is 3.98. The Bertz CT molecular complexity index is 536. The Balaban J connectivity index is 1.76. The molecule has 4 aliphatic rings. The molecule has 0 spiro atoms. The van der Waals surface area contributed by atoms with Gasteiger partial charge in [-0.1, -0.05) is 13.8 Å². The molecule has 5 heteroatoms. The molecule has 2 N–H and O–H groups in total. The first-order chi connectivity index (χ1) is 11.6. The van der Waals surface area contributed by atoms with E-state index in [-0.39, 0.29) is 41.6 Å². The highest BCUT2D eigenvalue weighted by Gasteiger charge is 2.67. The quantitative estimate of drug-likeness (QED) is 0.666. The molecule has 4 aliphatic carbocycles. The topological polar surface area (TPSA) is 40.5 Å². The summed E-state index contributed by atoms with van der Waals surface area (Å²) in [5.74, 6) is -1.16. The Morgan fingerprint density at radius 2 is 1.64 bits per heavy atom. The van der Waals surface area contributed by atoms with Gasteiger partial charge in [0.1, 0.15) is 0 Å². The second-order valence-electron chi connectivity index (χ2n) is 9.96. The van der Waals surface area contributed by atoms with Crippen molar-refractivity contribution in [2.24, 2.45) is 40.4 Å². The molecule has 0 saturated heterocycles. The Morgan fingerprint density at radius 1 is 0.920 bits per heavy atom. The van der Waals surface area contributed by atoms with Crippen LogP contribution in [-0.2, 0) is 0 Å². The first-order valence-electron chi connectivity index (χ1n) is 10.00.